The van der Waals surface area contributed by atoms with Gasteiger partial charge < -0.3 is 4.74 Å². The first-order chi connectivity index (χ1) is 15.5. The van der Waals surface area contributed by atoms with Gasteiger partial charge in [-0.1, -0.05) is 48.5 Å². The molecule has 0 unspecified atom stereocenters. The molecule has 0 heterocycles. The van der Waals surface area contributed by atoms with E-state index in [1.54, 1.807) is 19.2 Å². The zero-order valence-corrected chi connectivity index (χ0v) is 17.6. The Morgan fingerprint density at radius 3 is 2.00 bits per heavy atom. The van der Waals surface area contributed by atoms with Gasteiger partial charge in [0.25, 0.3) is 0 Å². The highest BCUT2D eigenvalue weighted by Crippen LogP contribution is 2.28. The number of benzene rings is 4. The van der Waals surface area contributed by atoms with Crippen LogP contribution in [0, 0.1) is 23.3 Å². The van der Waals surface area contributed by atoms with E-state index >= 15 is 4.39 Å². The third kappa shape index (κ3) is 4.68. The lowest BCUT2D eigenvalue weighted by molar-refractivity contribution is 0.202. The van der Waals surface area contributed by atoms with E-state index in [1.807, 2.05) is 30.3 Å². The number of fused-ring (bicyclic) bond motifs is 1. The maximum atomic E-state index is 15.1. The van der Waals surface area contributed by atoms with Crippen LogP contribution in [0.25, 0.3) is 21.9 Å². The SMILES string of the molecule is COCCc1ccc(-c2ccc3c(F)c(CCc4cc(F)c(F)c(F)c4)ccc3c2)cc1. The van der Waals surface area contributed by atoms with Gasteiger partial charge in [-0.2, -0.15) is 0 Å². The van der Waals surface area contributed by atoms with E-state index in [2.05, 4.69) is 12.1 Å². The van der Waals surface area contributed by atoms with Gasteiger partial charge >= 0.3 is 0 Å². The monoisotopic (exact) mass is 438 g/mol. The van der Waals surface area contributed by atoms with Crippen LogP contribution < -0.4 is 0 Å². The highest BCUT2D eigenvalue weighted by molar-refractivity contribution is 5.88. The normalized spacial score (nSPS) is 11.3. The lowest BCUT2D eigenvalue weighted by Crippen LogP contribution is -1.99. The van der Waals surface area contributed by atoms with Gasteiger partial charge in [0.05, 0.1) is 6.61 Å². The van der Waals surface area contributed by atoms with Crippen molar-refractivity contribution in [2.24, 2.45) is 0 Å². The van der Waals surface area contributed by atoms with Crippen molar-refractivity contribution >= 4 is 10.8 Å². The van der Waals surface area contributed by atoms with Crippen molar-refractivity contribution in [2.75, 3.05) is 13.7 Å². The summed E-state index contributed by atoms with van der Waals surface area (Å²) in [5.74, 6) is -4.32. The van der Waals surface area contributed by atoms with Gasteiger partial charge in [-0.25, -0.2) is 17.6 Å². The Hall–Kier alpha value is -3.18. The number of methoxy groups -OCH3 is 1. The van der Waals surface area contributed by atoms with E-state index < -0.39 is 17.5 Å². The topological polar surface area (TPSA) is 9.23 Å². The molecule has 32 heavy (non-hydrogen) atoms. The molecule has 0 aliphatic carbocycles. The molecule has 0 saturated heterocycles. The second kappa shape index (κ2) is 9.53. The molecule has 0 aliphatic rings. The molecule has 0 saturated carbocycles. The quantitative estimate of drug-likeness (QED) is 0.222. The van der Waals surface area contributed by atoms with Gasteiger partial charge in [-0.05, 0) is 70.7 Å². The Labute approximate surface area is 184 Å². The maximum absolute atomic E-state index is 15.1. The van der Waals surface area contributed by atoms with Gasteiger partial charge in [0.15, 0.2) is 17.5 Å². The van der Waals surface area contributed by atoms with E-state index in [1.165, 1.54) is 5.56 Å². The fraction of sp³-hybridized carbons (Fsp3) is 0.185. The van der Waals surface area contributed by atoms with Gasteiger partial charge in [-0.3, -0.25) is 0 Å². The van der Waals surface area contributed by atoms with Crippen LogP contribution in [-0.2, 0) is 24.0 Å². The van der Waals surface area contributed by atoms with Crippen LogP contribution in [0.4, 0.5) is 17.6 Å². The average molecular weight is 438 g/mol. The molecule has 1 nitrogen and oxygen atoms in total. The Bertz CT molecular complexity index is 1230. The summed E-state index contributed by atoms with van der Waals surface area (Å²) in [5.41, 5.74) is 3.94. The third-order valence-corrected chi connectivity index (χ3v) is 5.64. The van der Waals surface area contributed by atoms with Crippen molar-refractivity contribution in [1.82, 2.24) is 0 Å². The first-order valence-corrected chi connectivity index (χ1v) is 10.4. The Morgan fingerprint density at radius 1 is 0.625 bits per heavy atom. The first-order valence-electron chi connectivity index (χ1n) is 10.4. The smallest absolute Gasteiger partial charge is 0.194 e. The zero-order valence-electron chi connectivity index (χ0n) is 17.6. The van der Waals surface area contributed by atoms with E-state index in [0.717, 1.165) is 35.1 Å². The number of hydrogen-bond acceptors (Lipinski definition) is 1. The summed E-state index contributed by atoms with van der Waals surface area (Å²) in [6.07, 6.45) is 1.29. The van der Waals surface area contributed by atoms with Crippen LogP contribution in [0.5, 0.6) is 0 Å². The number of ether oxygens (including phenoxy) is 1. The molecule has 0 amide bonds. The summed E-state index contributed by atoms with van der Waals surface area (Å²) < 4.78 is 60.1. The summed E-state index contributed by atoms with van der Waals surface area (Å²) in [7, 11) is 1.68. The van der Waals surface area contributed by atoms with E-state index in [4.69, 9.17) is 4.74 Å². The van der Waals surface area contributed by atoms with Crippen LogP contribution in [0.3, 0.4) is 0 Å². The number of aryl methyl sites for hydroxylation is 2. The van der Waals surface area contributed by atoms with Gasteiger partial charge in [-0.15, -0.1) is 0 Å². The summed E-state index contributed by atoms with van der Waals surface area (Å²) in [4.78, 5) is 0. The lowest BCUT2D eigenvalue weighted by Gasteiger charge is -2.10. The predicted octanol–water partition coefficient (Wildman–Crippen LogP) is 7.04. The first kappa shape index (κ1) is 22.0. The summed E-state index contributed by atoms with van der Waals surface area (Å²) >= 11 is 0. The van der Waals surface area contributed by atoms with E-state index in [-0.39, 0.29) is 24.2 Å². The van der Waals surface area contributed by atoms with Gasteiger partial charge in [0, 0.05) is 12.5 Å². The second-order valence-electron chi connectivity index (χ2n) is 7.79. The van der Waals surface area contributed by atoms with Crippen LogP contribution in [0.15, 0.2) is 66.7 Å². The number of hydrogen-bond donors (Lipinski definition) is 0. The molecule has 4 aromatic carbocycles. The molecule has 0 aromatic heterocycles. The largest absolute Gasteiger partial charge is 0.384 e. The average Bonchev–Trinajstić information content (AvgIpc) is 2.81. The Kier molecular flexibility index (Phi) is 6.56. The molecule has 0 radical (unpaired) electrons. The van der Waals surface area contributed by atoms with Crippen molar-refractivity contribution in [3.8, 4) is 11.1 Å². The molecular formula is C27H22F4O. The Morgan fingerprint density at radius 2 is 1.31 bits per heavy atom. The van der Waals surface area contributed by atoms with Crippen LogP contribution >= 0.6 is 0 Å². The third-order valence-electron chi connectivity index (χ3n) is 5.64. The summed E-state index contributed by atoms with van der Waals surface area (Å²) in [6, 6.07) is 19.2. The predicted molar refractivity (Wildman–Crippen MR) is 119 cm³/mol. The summed E-state index contributed by atoms with van der Waals surface area (Å²) in [5, 5.41) is 1.26. The van der Waals surface area contributed by atoms with Crippen molar-refractivity contribution in [3.63, 3.8) is 0 Å². The van der Waals surface area contributed by atoms with Crippen molar-refractivity contribution < 1.29 is 22.3 Å². The molecule has 5 heteroatoms. The number of rotatable bonds is 7. The van der Waals surface area contributed by atoms with Crippen molar-refractivity contribution in [2.45, 2.75) is 19.3 Å². The molecule has 4 aromatic rings. The van der Waals surface area contributed by atoms with Gasteiger partial charge in [0.2, 0.25) is 0 Å². The second-order valence-corrected chi connectivity index (χ2v) is 7.79. The maximum Gasteiger partial charge on any atom is 0.194 e. The Balaban J connectivity index is 1.54. The molecule has 4 rings (SSSR count). The fourth-order valence-electron chi connectivity index (χ4n) is 3.82. The minimum absolute atomic E-state index is 0.198. The molecule has 0 bridgehead atoms. The molecule has 0 aliphatic heterocycles. The fourth-order valence-corrected chi connectivity index (χ4v) is 3.82. The standard InChI is InChI=1S/C27H22F4O/c1-32-13-12-17-2-5-19(6-3-17)21-10-11-23-22(16-21)9-8-20(26(23)30)7-4-18-14-24(28)27(31)25(29)15-18/h2-3,5-6,8-11,14-16H,4,7,12-13H2,1H3. The van der Waals surface area contributed by atoms with Crippen molar-refractivity contribution in [3.05, 3.63) is 107 Å². The molecule has 0 spiro atoms. The van der Waals surface area contributed by atoms with Crippen LogP contribution in [0.1, 0.15) is 16.7 Å². The molecule has 0 atom stereocenters. The van der Waals surface area contributed by atoms with Crippen molar-refractivity contribution in [1.29, 1.82) is 0 Å². The van der Waals surface area contributed by atoms with Gasteiger partial charge in [0.1, 0.15) is 5.82 Å². The highest BCUT2D eigenvalue weighted by atomic mass is 19.2. The summed E-state index contributed by atoms with van der Waals surface area (Å²) in [6.45, 7) is 0.669. The minimum Gasteiger partial charge on any atom is -0.384 e. The molecule has 0 fully saturated rings. The van der Waals surface area contributed by atoms with E-state index in [9.17, 15) is 13.2 Å². The minimum atomic E-state index is -1.49. The van der Waals surface area contributed by atoms with Crippen LogP contribution in [0.2, 0.25) is 0 Å². The molecule has 0 N–H and O–H groups in total. The number of halogens is 4. The molecule has 164 valence electrons. The lowest BCUT2D eigenvalue weighted by atomic mass is 9.96. The van der Waals surface area contributed by atoms with Crippen LogP contribution in [-0.4, -0.2) is 13.7 Å². The zero-order chi connectivity index (χ0) is 22.7. The highest BCUT2D eigenvalue weighted by Gasteiger charge is 2.13. The molecular weight excluding hydrogens is 416 g/mol. The van der Waals surface area contributed by atoms with E-state index in [0.29, 0.717) is 17.6 Å².